The summed E-state index contributed by atoms with van der Waals surface area (Å²) < 4.78 is 13.3. The standard InChI is InChI=1S/C24H22ClFN4O4/c1-11-8-13(25)9-15-20(11)28-23(34)24(15)19-18(16(29-24)6-7-17(27)31)21(32)30(22(19)33)10-12-2-4-14(26)5-3-12/h2-5,8-9,16,18-19,29H,6-7,10H2,1H3,(H2,27,31)(H,28,34)/p+1/t16-,18-,19+,24+/m1/s1. The summed E-state index contributed by atoms with van der Waals surface area (Å²) in [7, 11) is 0. The summed E-state index contributed by atoms with van der Waals surface area (Å²) in [6, 6.07) is 8.41. The van der Waals surface area contributed by atoms with Crippen LogP contribution in [0.15, 0.2) is 36.4 Å². The number of hydrogen-bond acceptors (Lipinski definition) is 4. The fraction of sp³-hybridized carbons (Fsp3) is 0.333. The molecular formula is C24H23ClFN4O4+. The highest BCUT2D eigenvalue weighted by molar-refractivity contribution is 6.31. The van der Waals surface area contributed by atoms with Gasteiger partial charge in [0, 0.05) is 23.4 Å². The van der Waals surface area contributed by atoms with E-state index in [-0.39, 0.29) is 19.4 Å². The van der Waals surface area contributed by atoms with E-state index in [1.54, 1.807) is 17.4 Å². The van der Waals surface area contributed by atoms with E-state index in [4.69, 9.17) is 17.3 Å². The fourth-order valence-electron chi connectivity index (χ4n) is 5.75. The third kappa shape index (κ3) is 3.22. The van der Waals surface area contributed by atoms with Crippen molar-refractivity contribution in [3.63, 3.8) is 0 Å². The van der Waals surface area contributed by atoms with Gasteiger partial charge < -0.3 is 16.4 Å². The molecule has 2 saturated heterocycles. The predicted molar refractivity (Wildman–Crippen MR) is 120 cm³/mol. The summed E-state index contributed by atoms with van der Waals surface area (Å²) in [6.45, 7) is 1.77. The average Bonchev–Trinajstić information content (AvgIpc) is 3.35. The Morgan fingerprint density at radius 2 is 1.91 bits per heavy atom. The molecule has 176 valence electrons. The van der Waals surface area contributed by atoms with Gasteiger partial charge in [-0.05, 0) is 42.3 Å². The number of fused-ring (bicyclic) bond motifs is 4. The number of carbonyl (C=O) groups is 4. The van der Waals surface area contributed by atoms with E-state index in [1.807, 2.05) is 6.92 Å². The normalized spacial score (nSPS) is 27.3. The molecule has 0 aromatic heterocycles. The monoisotopic (exact) mass is 485 g/mol. The third-order valence-electron chi connectivity index (χ3n) is 7.21. The van der Waals surface area contributed by atoms with Gasteiger partial charge in [-0.2, -0.15) is 0 Å². The quantitative estimate of drug-likeness (QED) is 0.545. The average molecular weight is 486 g/mol. The maximum Gasteiger partial charge on any atom is 0.291 e. The second-order valence-corrected chi connectivity index (χ2v) is 9.63. The lowest BCUT2D eigenvalue weighted by Crippen LogP contribution is -2.99. The second kappa shape index (κ2) is 7.89. The largest absolute Gasteiger partial charge is 0.370 e. The van der Waals surface area contributed by atoms with Crippen LogP contribution >= 0.6 is 11.6 Å². The summed E-state index contributed by atoms with van der Waals surface area (Å²) in [5, 5.41) is 5.04. The number of amides is 4. The van der Waals surface area contributed by atoms with Crippen LogP contribution in [0.3, 0.4) is 0 Å². The van der Waals surface area contributed by atoms with E-state index in [9.17, 15) is 23.6 Å². The van der Waals surface area contributed by atoms with Crippen LogP contribution in [0.2, 0.25) is 5.02 Å². The summed E-state index contributed by atoms with van der Waals surface area (Å²) in [6.07, 6.45) is 0.257. The smallest absolute Gasteiger partial charge is 0.291 e. The minimum absolute atomic E-state index is 0.0168. The number of anilines is 1. The van der Waals surface area contributed by atoms with Gasteiger partial charge in [0.25, 0.3) is 5.91 Å². The molecule has 5 N–H and O–H groups in total. The molecule has 5 rings (SSSR count). The number of rotatable bonds is 5. The van der Waals surface area contributed by atoms with Gasteiger partial charge in [-0.1, -0.05) is 23.7 Å². The van der Waals surface area contributed by atoms with Crippen molar-refractivity contribution in [3.05, 3.63) is 63.9 Å². The molecule has 3 aliphatic rings. The van der Waals surface area contributed by atoms with E-state index in [0.717, 1.165) is 10.5 Å². The van der Waals surface area contributed by atoms with Crippen LogP contribution in [-0.4, -0.2) is 34.6 Å². The van der Waals surface area contributed by atoms with Crippen molar-refractivity contribution < 1.29 is 28.9 Å². The van der Waals surface area contributed by atoms with Gasteiger partial charge in [-0.3, -0.25) is 24.1 Å². The Hall–Kier alpha value is -3.30. The first kappa shape index (κ1) is 22.5. The highest BCUT2D eigenvalue weighted by Crippen LogP contribution is 2.51. The number of nitrogens with zero attached hydrogens (tertiary/aromatic N) is 1. The van der Waals surface area contributed by atoms with E-state index in [0.29, 0.717) is 21.8 Å². The van der Waals surface area contributed by atoms with E-state index in [1.165, 1.54) is 24.3 Å². The van der Waals surface area contributed by atoms with Crippen molar-refractivity contribution in [1.29, 1.82) is 0 Å². The lowest BCUT2D eigenvalue weighted by molar-refractivity contribution is -0.734. The van der Waals surface area contributed by atoms with Crippen molar-refractivity contribution in [2.45, 2.75) is 37.9 Å². The molecule has 0 unspecified atom stereocenters. The zero-order valence-corrected chi connectivity index (χ0v) is 19.1. The Labute approximate surface area is 199 Å². The van der Waals surface area contributed by atoms with Gasteiger partial charge in [0.05, 0.1) is 12.2 Å². The molecule has 0 bridgehead atoms. The van der Waals surface area contributed by atoms with E-state index < -0.39 is 52.9 Å². The number of nitrogens with two attached hydrogens (primary N) is 2. The van der Waals surface area contributed by atoms with Crippen LogP contribution in [0.4, 0.5) is 10.1 Å². The number of halogens is 2. The molecule has 3 heterocycles. The van der Waals surface area contributed by atoms with E-state index >= 15 is 0 Å². The van der Waals surface area contributed by atoms with Crippen LogP contribution in [0.25, 0.3) is 0 Å². The zero-order valence-electron chi connectivity index (χ0n) is 18.3. The molecule has 0 saturated carbocycles. The highest BCUT2D eigenvalue weighted by atomic mass is 35.5. The van der Waals surface area contributed by atoms with Crippen LogP contribution in [-0.2, 0) is 31.3 Å². The zero-order chi connectivity index (χ0) is 24.4. The van der Waals surface area contributed by atoms with Gasteiger partial charge in [0.15, 0.2) is 0 Å². The molecular weight excluding hydrogens is 463 g/mol. The van der Waals surface area contributed by atoms with Crippen LogP contribution in [0, 0.1) is 24.6 Å². The van der Waals surface area contributed by atoms with Gasteiger partial charge in [0.2, 0.25) is 23.3 Å². The number of aryl methyl sites for hydroxylation is 1. The van der Waals surface area contributed by atoms with Gasteiger partial charge in [-0.25, -0.2) is 4.39 Å². The lowest BCUT2D eigenvalue weighted by Gasteiger charge is -2.26. The molecule has 4 amide bonds. The van der Waals surface area contributed by atoms with Crippen molar-refractivity contribution in [2.24, 2.45) is 17.6 Å². The summed E-state index contributed by atoms with van der Waals surface area (Å²) in [4.78, 5) is 53.4. The molecule has 10 heteroatoms. The number of benzene rings is 2. The van der Waals surface area contributed by atoms with Crippen molar-refractivity contribution in [3.8, 4) is 0 Å². The number of imide groups is 1. The maximum atomic E-state index is 13.7. The summed E-state index contributed by atoms with van der Waals surface area (Å²) in [5.41, 5.74) is 6.45. The SMILES string of the molecule is Cc1cc(Cl)cc2c1NC(=O)[C@]21[NH2+][C@H](CCC(N)=O)[C@H]2C(=O)N(Cc3ccc(F)cc3)C(=O)[C@H]21. The minimum atomic E-state index is -1.39. The number of likely N-dealkylation sites (tertiary alicyclic amines) is 1. The van der Waals surface area contributed by atoms with Crippen molar-refractivity contribution >= 4 is 40.9 Å². The van der Waals surface area contributed by atoms with Gasteiger partial charge in [0.1, 0.15) is 23.7 Å². The van der Waals surface area contributed by atoms with Crippen LogP contribution < -0.4 is 16.4 Å². The maximum absolute atomic E-state index is 13.7. The van der Waals surface area contributed by atoms with E-state index in [2.05, 4.69) is 5.32 Å². The molecule has 34 heavy (non-hydrogen) atoms. The lowest BCUT2D eigenvalue weighted by atomic mass is 9.76. The Morgan fingerprint density at radius 3 is 2.59 bits per heavy atom. The molecule has 2 aromatic rings. The minimum Gasteiger partial charge on any atom is -0.370 e. The second-order valence-electron chi connectivity index (χ2n) is 9.20. The Morgan fingerprint density at radius 1 is 1.21 bits per heavy atom. The molecule has 2 fully saturated rings. The Bertz CT molecular complexity index is 1250. The third-order valence-corrected chi connectivity index (χ3v) is 7.43. The molecule has 1 spiro atoms. The van der Waals surface area contributed by atoms with Gasteiger partial charge >= 0.3 is 0 Å². The number of hydrogen-bond donors (Lipinski definition) is 3. The Kier molecular flexibility index (Phi) is 5.22. The molecule has 2 aromatic carbocycles. The number of carbonyl (C=O) groups excluding carboxylic acids is 4. The highest BCUT2D eigenvalue weighted by Gasteiger charge is 2.74. The van der Waals surface area contributed by atoms with Crippen molar-refractivity contribution in [1.82, 2.24) is 4.90 Å². The summed E-state index contributed by atoms with van der Waals surface area (Å²) >= 11 is 6.33. The number of nitrogens with one attached hydrogen (secondary N) is 1. The number of quaternary nitrogens is 1. The Balaban J connectivity index is 1.60. The van der Waals surface area contributed by atoms with Crippen LogP contribution in [0.1, 0.15) is 29.5 Å². The first-order valence-electron chi connectivity index (χ1n) is 11.0. The predicted octanol–water partition coefficient (Wildman–Crippen LogP) is 0.947. The van der Waals surface area contributed by atoms with Gasteiger partial charge in [-0.15, -0.1) is 0 Å². The number of primary amides is 1. The first-order valence-corrected chi connectivity index (χ1v) is 11.4. The first-order chi connectivity index (χ1) is 16.1. The molecule has 0 aliphatic carbocycles. The molecule has 3 aliphatic heterocycles. The molecule has 4 atom stereocenters. The summed E-state index contributed by atoms with van der Waals surface area (Å²) in [5.74, 6) is -4.03. The van der Waals surface area contributed by atoms with Crippen molar-refractivity contribution in [2.75, 3.05) is 5.32 Å². The van der Waals surface area contributed by atoms with Crippen LogP contribution in [0.5, 0.6) is 0 Å². The molecule has 0 radical (unpaired) electrons. The topological polar surface area (TPSA) is 126 Å². The molecule has 8 nitrogen and oxygen atoms in total. The fourth-order valence-corrected chi connectivity index (χ4v) is 6.03.